The number of nitrogens with one attached hydrogen (secondary N) is 1. The second-order valence-corrected chi connectivity index (χ2v) is 7.93. The summed E-state index contributed by atoms with van der Waals surface area (Å²) in [7, 11) is 3.33. The molecule has 0 aliphatic heterocycles. The zero-order valence-electron chi connectivity index (χ0n) is 17.8. The molecule has 2 rings (SSSR count). The Hall–Kier alpha value is -3.02. The van der Waals surface area contributed by atoms with Gasteiger partial charge in [0.25, 0.3) is 0 Å². The normalized spacial score (nSPS) is 12.0. The summed E-state index contributed by atoms with van der Waals surface area (Å²) >= 11 is 0. The molecule has 0 aromatic heterocycles. The number of carbonyl (C=O) groups is 2. The third-order valence-corrected chi connectivity index (χ3v) is 4.23. The highest BCUT2D eigenvalue weighted by Crippen LogP contribution is 2.15. The van der Waals surface area contributed by atoms with Crippen molar-refractivity contribution in [2.45, 2.75) is 45.4 Å². The number of rotatable bonds is 7. The van der Waals surface area contributed by atoms with E-state index in [1.54, 1.807) is 39.8 Å². The minimum absolute atomic E-state index is 0.185. The summed E-state index contributed by atoms with van der Waals surface area (Å²) in [4.78, 5) is 27.0. The van der Waals surface area contributed by atoms with Crippen molar-refractivity contribution in [1.29, 1.82) is 0 Å². The fourth-order valence-corrected chi connectivity index (χ4v) is 2.85. The third kappa shape index (κ3) is 7.49. The second-order valence-electron chi connectivity index (χ2n) is 7.93. The van der Waals surface area contributed by atoms with Crippen molar-refractivity contribution in [1.82, 2.24) is 10.2 Å². The fraction of sp³-hybridized carbons (Fsp3) is 0.391. The highest BCUT2D eigenvalue weighted by molar-refractivity contribution is 5.86. The molecule has 0 saturated carbocycles. The monoisotopic (exact) mass is 398 g/mol. The van der Waals surface area contributed by atoms with Gasteiger partial charge in [-0.3, -0.25) is 4.79 Å². The molecule has 0 aliphatic rings. The standard InChI is InChI=1S/C23H30N2O4/c1-23(2,3)29-22(27)24-20(15-17-11-13-19(28-5)14-12-17)21(26)25(4)16-18-9-7-6-8-10-18/h6-14,20H,15-16H2,1-5H3,(H,24,27)/t20-/m0/s1. The van der Waals surface area contributed by atoms with Gasteiger partial charge in [-0.05, 0) is 44.0 Å². The largest absolute Gasteiger partial charge is 0.497 e. The summed E-state index contributed by atoms with van der Waals surface area (Å²) in [5.74, 6) is 0.549. The number of amides is 2. The molecular weight excluding hydrogens is 368 g/mol. The Morgan fingerprint density at radius 3 is 2.17 bits per heavy atom. The number of hydrogen-bond donors (Lipinski definition) is 1. The summed E-state index contributed by atoms with van der Waals surface area (Å²) in [5.41, 5.74) is 1.28. The van der Waals surface area contributed by atoms with Crippen molar-refractivity contribution in [2.24, 2.45) is 0 Å². The minimum atomic E-state index is -0.744. The minimum Gasteiger partial charge on any atom is -0.497 e. The van der Waals surface area contributed by atoms with Gasteiger partial charge < -0.3 is 19.7 Å². The van der Waals surface area contributed by atoms with Crippen LogP contribution in [0.5, 0.6) is 5.75 Å². The van der Waals surface area contributed by atoms with Gasteiger partial charge >= 0.3 is 6.09 Å². The number of hydrogen-bond acceptors (Lipinski definition) is 4. The van der Waals surface area contributed by atoms with Crippen molar-refractivity contribution >= 4 is 12.0 Å². The van der Waals surface area contributed by atoms with Gasteiger partial charge in [0.1, 0.15) is 17.4 Å². The van der Waals surface area contributed by atoms with E-state index in [0.717, 1.165) is 16.9 Å². The van der Waals surface area contributed by atoms with Gasteiger partial charge in [0.15, 0.2) is 0 Å². The number of carbonyl (C=O) groups excluding carboxylic acids is 2. The van der Waals surface area contributed by atoms with E-state index in [4.69, 9.17) is 9.47 Å². The molecule has 0 spiro atoms. The first kappa shape index (κ1) is 22.3. The van der Waals surface area contributed by atoms with E-state index in [1.807, 2.05) is 54.6 Å². The smallest absolute Gasteiger partial charge is 0.408 e. The number of benzene rings is 2. The predicted octanol–water partition coefficient (Wildman–Crippen LogP) is 3.79. The number of alkyl carbamates (subject to hydrolysis) is 1. The summed E-state index contributed by atoms with van der Waals surface area (Å²) in [6.07, 6.45) is -0.265. The summed E-state index contributed by atoms with van der Waals surface area (Å²) in [6, 6.07) is 16.4. The molecule has 0 fully saturated rings. The van der Waals surface area contributed by atoms with Gasteiger partial charge in [-0.2, -0.15) is 0 Å². The average Bonchev–Trinajstić information content (AvgIpc) is 2.66. The lowest BCUT2D eigenvalue weighted by Crippen LogP contribution is -2.49. The lowest BCUT2D eigenvalue weighted by atomic mass is 10.0. The predicted molar refractivity (Wildman–Crippen MR) is 113 cm³/mol. The molecule has 6 nitrogen and oxygen atoms in total. The first-order chi connectivity index (χ1) is 13.7. The van der Waals surface area contributed by atoms with Gasteiger partial charge in [0, 0.05) is 20.0 Å². The molecule has 1 atom stereocenters. The highest BCUT2D eigenvalue weighted by atomic mass is 16.6. The van der Waals surface area contributed by atoms with Crippen molar-refractivity contribution in [3.8, 4) is 5.75 Å². The fourth-order valence-electron chi connectivity index (χ4n) is 2.85. The third-order valence-electron chi connectivity index (χ3n) is 4.23. The molecule has 2 aromatic carbocycles. The van der Waals surface area contributed by atoms with E-state index >= 15 is 0 Å². The Kier molecular flexibility index (Phi) is 7.65. The Morgan fingerprint density at radius 2 is 1.62 bits per heavy atom. The van der Waals surface area contributed by atoms with Crippen LogP contribution in [0.2, 0.25) is 0 Å². The van der Waals surface area contributed by atoms with Crippen molar-refractivity contribution in [3.05, 3.63) is 65.7 Å². The Balaban J connectivity index is 2.14. The van der Waals surface area contributed by atoms with Crippen LogP contribution < -0.4 is 10.1 Å². The van der Waals surface area contributed by atoms with Crippen molar-refractivity contribution in [3.63, 3.8) is 0 Å². The molecule has 0 heterocycles. The molecule has 1 N–H and O–H groups in total. The van der Waals surface area contributed by atoms with E-state index < -0.39 is 17.7 Å². The van der Waals surface area contributed by atoms with E-state index in [9.17, 15) is 9.59 Å². The number of likely N-dealkylation sites (N-methyl/N-ethyl adjacent to an activating group) is 1. The van der Waals surface area contributed by atoms with Crippen LogP contribution in [-0.2, 0) is 22.5 Å². The van der Waals surface area contributed by atoms with Crippen LogP contribution in [0, 0.1) is 0 Å². The first-order valence-electron chi connectivity index (χ1n) is 9.59. The number of nitrogens with zero attached hydrogens (tertiary/aromatic N) is 1. The number of ether oxygens (including phenoxy) is 2. The Bertz CT molecular complexity index is 798. The molecule has 2 amide bonds. The molecule has 0 aliphatic carbocycles. The van der Waals surface area contributed by atoms with Crippen LogP contribution in [0.4, 0.5) is 4.79 Å². The van der Waals surface area contributed by atoms with Crippen LogP contribution in [-0.4, -0.2) is 42.7 Å². The van der Waals surface area contributed by atoms with Crippen LogP contribution >= 0.6 is 0 Å². The lowest BCUT2D eigenvalue weighted by molar-refractivity contribution is -0.132. The molecule has 156 valence electrons. The molecule has 0 bridgehead atoms. The van der Waals surface area contributed by atoms with Crippen LogP contribution in [0.1, 0.15) is 31.9 Å². The molecule has 0 saturated heterocycles. The van der Waals surface area contributed by atoms with E-state index in [1.165, 1.54) is 0 Å². The van der Waals surface area contributed by atoms with Crippen molar-refractivity contribution in [2.75, 3.05) is 14.2 Å². The van der Waals surface area contributed by atoms with Gasteiger partial charge in [-0.25, -0.2) is 4.79 Å². The summed E-state index contributed by atoms with van der Waals surface area (Å²) in [5, 5.41) is 2.73. The number of methoxy groups -OCH3 is 1. The van der Waals surface area contributed by atoms with Crippen LogP contribution in [0.3, 0.4) is 0 Å². The van der Waals surface area contributed by atoms with E-state index in [0.29, 0.717) is 13.0 Å². The molecule has 0 radical (unpaired) electrons. The molecule has 29 heavy (non-hydrogen) atoms. The maximum absolute atomic E-state index is 13.1. The van der Waals surface area contributed by atoms with Crippen molar-refractivity contribution < 1.29 is 19.1 Å². The van der Waals surface area contributed by atoms with E-state index in [-0.39, 0.29) is 5.91 Å². The maximum atomic E-state index is 13.1. The van der Waals surface area contributed by atoms with E-state index in [2.05, 4.69) is 5.32 Å². The zero-order chi connectivity index (χ0) is 21.4. The van der Waals surface area contributed by atoms with Gasteiger partial charge in [-0.15, -0.1) is 0 Å². The summed E-state index contributed by atoms with van der Waals surface area (Å²) in [6.45, 7) is 5.81. The molecule has 6 heteroatoms. The summed E-state index contributed by atoms with van der Waals surface area (Å²) < 4.78 is 10.5. The average molecular weight is 399 g/mol. The molecule has 2 aromatic rings. The highest BCUT2D eigenvalue weighted by Gasteiger charge is 2.27. The second kappa shape index (κ2) is 9.96. The van der Waals surface area contributed by atoms with Gasteiger partial charge in [0.05, 0.1) is 7.11 Å². The first-order valence-corrected chi connectivity index (χ1v) is 9.59. The topological polar surface area (TPSA) is 67.9 Å². The van der Waals surface area contributed by atoms with Crippen LogP contribution in [0.15, 0.2) is 54.6 Å². The zero-order valence-corrected chi connectivity index (χ0v) is 17.8. The Morgan fingerprint density at radius 1 is 1.00 bits per heavy atom. The SMILES string of the molecule is COc1ccc(C[C@H](NC(=O)OC(C)(C)C)C(=O)N(C)Cc2ccccc2)cc1. The van der Waals surface area contributed by atoms with Gasteiger partial charge in [-0.1, -0.05) is 42.5 Å². The van der Waals surface area contributed by atoms with Crippen LogP contribution in [0.25, 0.3) is 0 Å². The van der Waals surface area contributed by atoms with Gasteiger partial charge in [0.2, 0.25) is 5.91 Å². The Labute approximate surface area is 172 Å². The lowest BCUT2D eigenvalue weighted by Gasteiger charge is -2.26. The quantitative estimate of drug-likeness (QED) is 0.771. The molecule has 0 unspecified atom stereocenters. The maximum Gasteiger partial charge on any atom is 0.408 e. The molecular formula is C23H30N2O4.